The molecule has 0 aliphatic carbocycles. The molecule has 0 unspecified atom stereocenters. The molecule has 1 aromatic rings. The largest absolute Gasteiger partial charge is 0.357 e. The molecule has 116 valence electrons. The Morgan fingerprint density at radius 3 is 1.90 bits per heavy atom. The molecule has 1 aromatic heterocycles. The van der Waals surface area contributed by atoms with E-state index in [4.69, 9.17) is 4.98 Å². The molecule has 1 N–H and O–H groups in total. The molecule has 0 aromatic carbocycles. The second-order valence-corrected chi connectivity index (χ2v) is 7.08. The lowest BCUT2D eigenvalue weighted by Gasteiger charge is -2.37. The Hall–Kier alpha value is -1.27. The third-order valence-electron chi connectivity index (χ3n) is 5.23. The Morgan fingerprint density at radius 1 is 0.810 bits per heavy atom. The van der Waals surface area contributed by atoms with Gasteiger partial charge < -0.3 is 0 Å². The van der Waals surface area contributed by atoms with Crippen molar-refractivity contribution in [3.05, 3.63) is 10.5 Å². The maximum absolute atomic E-state index is 12.1. The van der Waals surface area contributed by atoms with Crippen LogP contribution in [0.25, 0.3) is 0 Å². The van der Waals surface area contributed by atoms with Crippen LogP contribution < -0.4 is 14.7 Å². The van der Waals surface area contributed by atoms with E-state index in [0.717, 1.165) is 36.6 Å². The van der Waals surface area contributed by atoms with Crippen LogP contribution in [-0.4, -0.2) is 55.2 Å². The van der Waals surface area contributed by atoms with Gasteiger partial charge in [-0.15, -0.1) is 9.97 Å². The highest BCUT2D eigenvalue weighted by Crippen LogP contribution is 2.26. The molecule has 0 bridgehead atoms. The number of quaternary nitrogens is 2. The number of piperidine rings is 2. The van der Waals surface area contributed by atoms with Crippen LogP contribution in [0.5, 0.6) is 0 Å². The maximum Gasteiger partial charge on any atom is 0.357 e. The molecule has 2 aliphatic rings. The van der Waals surface area contributed by atoms with Crippen LogP contribution in [0.3, 0.4) is 0 Å². The summed E-state index contributed by atoms with van der Waals surface area (Å²) in [6.07, 6.45) is 7.33. The molecule has 0 spiro atoms. The molecule has 0 radical (unpaired) electrons. The normalized spacial score (nSPS) is 24.7. The fraction of sp³-hybridized carbons (Fsp3) is 0.800. The number of aromatic nitrogens is 3. The summed E-state index contributed by atoms with van der Waals surface area (Å²) in [5, 5.41) is 0. The van der Waals surface area contributed by atoms with Crippen molar-refractivity contribution >= 4 is 11.9 Å². The van der Waals surface area contributed by atoms with Gasteiger partial charge in [0.15, 0.2) is 0 Å². The molecule has 3 heterocycles. The highest BCUT2D eigenvalue weighted by molar-refractivity contribution is 5.32. The standard InChI is InChI=1S/C15H26N5O/c1-19(9-5-3-6-10-19)13-16-14(18-15(21)17-13)20(2)11-7-4-8-12-20/h3-12H2,1-2H3/q+1/p+1. The Balaban J connectivity index is 1.98. The SMILES string of the molecule is C[N+]1(c2nc([N+]3(C)CCCCC3)[nH]c(=O)n2)CCCCC1. The van der Waals surface area contributed by atoms with E-state index >= 15 is 0 Å². The average molecular weight is 293 g/mol. The molecule has 2 aliphatic heterocycles. The first-order chi connectivity index (χ1) is 10.0. The lowest BCUT2D eigenvalue weighted by atomic mass is 10.1. The van der Waals surface area contributed by atoms with E-state index in [2.05, 4.69) is 24.1 Å². The number of rotatable bonds is 2. The van der Waals surface area contributed by atoms with Crippen LogP contribution in [0.15, 0.2) is 4.79 Å². The molecule has 3 rings (SSSR count). The van der Waals surface area contributed by atoms with E-state index in [1.807, 2.05) is 0 Å². The van der Waals surface area contributed by atoms with Crippen molar-refractivity contribution < 1.29 is 0 Å². The van der Waals surface area contributed by atoms with Gasteiger partial charge in [0, 0.05) is 0 Å². The lowest BCUT2D eigenvalue weighted by molar-refractivity contribution is 0.244. The first kappa shape index (κ1) is 14.7. The topological polar surface area (TPSA) is 58.6 Å². The van der Waals surface area contributed by atoms with E-state index in [1.165, 1.54) is 38.5 Å². The Bertz CT molecular complexity index is 510. The summed E-state index contributed by atoms with van der Waals surface area (Å²) in [5.41, 5.74) is -0.246. The van der Waals surface area contributed by atoms with Crippen LogP contribution in [0.1, 0.15) is 38.5 Å². The van der Waals surface area contributed by atoms with E-state index in [9.17, 15) is 4.79 Å². The predicted molar refractivity (Wildman–Crippen MR) is 85.3 cm³/mol. The first-order valence-corrected chi connectivity index (χ1v) is 8.21. The predicted octanol–water partition coefficient (Wildman–Crippen LogP) is 1.41. The van der Waals surface area contributed by atoms with Crippen molar-refractivity contribution in [1.82, 2.24) is 23.9 Å². The van der Waals surface area contributed by atoms with Crippen LogP contribution in [0.2, 0.25) is 0 Å². The van der Waals surface area contributed by atoms with Gasteiger partial charge in [0.1, 0.15) is 0 Å². The Kier molecular flexibility index (Phi) is 3.84. The second-order valence-electron chi connectivity index (χ2n) is 7.08. The summed E-state index contributed by atoms with van der Waals surface area (Å²) in [7, 11) is 4.34. The molecule has 2 fully saturated rings. The number of aromatic amines is 1. The van der Waals surface area contributed by atoms with Crippen LogP contribution in [0.4, 0.5) is 11.9 Å². The maximum atomic E-state index is 12.1. The quantitative estimate of drug-likeness (QED) is 0.839. The average Bonchev–Trinajstić information content (AvgIpc) is 2.48. The zero-order valence-electron chi connectivity index (χ0n) is 13.3. The summed E-state index contributed by atoms with van der Waals surface area (Å²) >= 11 is 0. The number of likely N-dealkylation sites (tertiary alicyclic amines) is 2. The second kappa shape index (κ2) is 5.50. The molecule has 0 saturated carbocycles. The van der Waals surface area contributed by atoms with Crippen LogP contribution in [-0.2, 0) is 0 Å². The molecule has 0 amide bonds. The summed E-state index contributed by atoms with van der Waals surface area (Å²) in [6, 6.07) is 0. The Morgan fingerprint density at radius 2 is 1.33 bits per heavy atom. The van der Waals surface area contributed by atoms with Crippen molar-refractivity contribution in [2.75, 3.05) is 40.3 Å². The number of nitrogens with zero attached hydrogens (tertiary/aromatic N) is 4. The zero-order chi connectivity index (χ0) is 14.9. The van der Waals surface area contributed by atoms with Crippen molar-refractivity contribution in [3.63, 3.8) is 0 Å². The van der Waals surface area contributed by atoms with Gasteiger partial charge in [-0.25, -0.2) is 9.78 Å². The smallest absolute Gasteiger partial charge is 0.261 e. The first-order valence-electron chi connectivity index (χ1n) is 8.21. The lowest BCUT2D eigenvalue weighted by Crippen LogP contribution is -2.54. The van der Waals surface area contributed by atoms with E-state index in [-0.39, 0.29) is 5.69 Å². The van der Waals surface area contributed by atoms with Gasteiger partial charge in [0.25, 0.3) is 0 Å². The third kappa shape index (κ3) is 2.87. The third-order valence-corrected chi connectivity index (χ3v) is 5.23. The van der Waals surface area contributed by atoms with Gasteiger partial charge in [-0.1, -0.05) is 0 Å². The van der Waals surface area contributed by atoms with E-state index in [1.54, 1.807) is 0 Å². The van der Waals surface area contributed by atoms with Crippen molar-refractivity contribution in [2.45, 2.75) is 38.5 Å². The summed E-state index contributed by atoms with van der Waals surface area (Å²) in [5.74, 6) is 1.51. The Labute approximate surface area is 126 Å². The molecular formula is C15H27N5O+2. The minimum Gasteiger partial charge on any atom is -0.261 e. The molecule has 21 heavy (non-hydrogen) atoms. The van der Waals surface area contributed by atoms with Gasteiger partial charge in [0.2, 0.25) is 0 Å². The van der Waals surface area contributed by atoms with Gasteiger partial charge in [-0.2, -0.15) is 0 Å². The van der Waals surface area contributed by atoms with Gasteiger partial charge in [-0.05, 0) is 38.5 Å². The van der Waals surface area contributed by atoms with E-state index in [0.29, 0.717) is 10.4 Å². The van der Waals surface area contributed by atoms with Gasteiger partial charge in [0.05, 0.1) is 40.3 Å². The fourth-order valence-corrected chi connectivity index (χ4v) is 3.69. The molecule has 2 saturated heterocycles. The zero-order valence-corrected chi connectivity index (χ0v) is 13.3. The highest BCUT2D eigenvalue weighted by atomic mass is 16.1. The number of H-pyrrole nitrogens is 1. The summed E-state index contributed by atoms with van der Waals surface area (Å²) in [6.45, 7) is 4.17. The van der Waals surface area contributed by atoms with Crippen LogP contribution in [0, 0.1) is 0 Å². The van der Waals surface area contributed by atoms with Crippen LogP contribution >= 0.6 is 0 Å². The van der Waals surface area contributed by atoms with Gasteiger partial charge in [-0.3, -0.25) is 8.97 Å². The number of hydrogen-bond acceptors (Lipinski definition) is 3. The minimum atomic E-state index is -0.246. The van der Waals surface area contributed by atoms with Gasteiger partial charge >= 0.3 is 17.6 Å². The molecule has 6 nitrogen and oxygen atoms in total. The number of hydrogen-bond donors (Lipinski definition) is 1. The monoisotopic (exact) mass is 293 g/mol. The van der Waals surface area contributed by atoms with Crippen molar-refractivity contribution in [2.24, 2.45) is 0 Å². The number of nitrogens with one attached hydrogen (secondary N) is 1. The molecular weight excluding hydrogens is 266 g/mol. The van der Waals surface area contributed by atoms with E-state index < -0.39 is 0 Å². The molecule has 0 atom stereocenters. The summed E-state index contributed by atoms with van der Waals surface area (Å²) in [4.78, 5) is 24.0. The molecule has 6 heteroatoms. The van der Waals surface area contributed by atoms with Crippen molar-refractivity contribution in [3.8, 4) is 0 Å². The minimum absolute atomic E-state index is 0.246. The van der Waals surface area contributed by atoms with Crippen molar-refractivity contribution in [1.29, 1.82) is 0 Å². The fourth-order valence-electron chi connectivity index (χ4n) is 3.69. The highest BCUT2D eigenvalue weighted by Gasteiger charge is 2.36. The summed E-state index contributed by atoms with van der Waals surface area (Å²) < 4.78 is 1.45.